The summed E-state index contributed by atoms with van der Waals surface area (Å²) in [5.74, 6) is -0.858. The molecule has 0 aromatic heterocycles. The lowest BCUT2D eigenvalue weighted by molar-refractivity contribution is -0.184. The molecule has 0 fully saturated rings. The van der Waals surface area contributed by atoms with Crippen molar-refractivity contribution in [1.82, 2.24) is 0 Å². The summed E-state index contributed by atoms with van der Waals surface area (Å²) < 4.78 is 43.6. The molecule has 1 amide bonds. The molecule has 0 aliphatic carbocycles. The molecule has 2 unspecified atom stereocenters. The van der Waals surface area contributed by atoms with Crippen molar-refractivity contribution in [2.45, 2.75) is 45.0 Å². The first-order chi connectivity index (χ1) is 9.57. The third kappa shape index (κ3) is 4.35. The Bertz CT molecular complexity index is 501. The van der Waals surface area contributed by atoms with E-state index in [-0.39, 0.29) is 11.8 Å². The molecule has 0 bridgehead atoms. The quantitative estimate of drug-likeness (QED) is 0.878. The van der Waals surface area contributed by atoms with E-state index < -0.39 is 17.6 Å². The molecular formula is C14H19F3N2O2. The van der Waals surface area contributed by atoms with Gasteiger partial charge in [-0.2, -0.15) is 13.2 Å². The summed E-state index contributed by atoms with van der Waals surface area (Å²) >= 11 is 0. The highest BCUT2D eigenvalue weighted by Crippen LogP contribution is 2.29. The van der Waals surface area contributed by atoms with Gasteiger partial charge in [0.15, 0.2) is 5.54 Å². The normalized spacial score (nSPS) is 16.0. The number of ether oxygens (including phenoxy) is 1. The molecule has 0 aliphatic heterocycles. The van der Waals surface area contributed by atoms with Crippen molar-refractivity contribution >= 4 is 11.6 Å². The van der Waals surface area contributed by atoms with Crippen molar-refractivity contribution in [2.75, 3.05) is 5.32 Å². The van der Waals surface area contributed by atoms with Crippen LogP contribution in [0.4, 0.5) is 18.9 Å². The molecule has 1 aromatic rings. The first-order valence-electron chi connectivity index (χ1n) is 6.51. The SMILES string of the molecule is CCC(C)Oc1cccc(NC(=O)C(C)(N)C(F)(F)F)c1. The number of halogens is 3. The summed E-state index contributed by atoms with van der Waals surface area (Å²) in [7, 11) is 0. The second kappa shape index (κ2) is 6.34. The average Bonchev–Trinajstić information content (AvgIpc) is 2.37. The number of nitrogens with two attached hydrogens (primary N) is 1. The van der Waals surface area contributed by atoms with Gasteiger partial charge in [0, 0.05) is 11.8 Å². The van der Waals surface area contributed by atoms with Gasteiger partial charge in [-0.05, 0) is 32.4 Å². The molecule has 7 heteroatoms. The molecule has 0 spiro atoms. The van der Waals surface area contributed by atoms with Gasteiger partial charge in [-0.25, -0.2) is 0 Å². The minimum absolute atomic E-state index is 0.0362. The summed E-state index contributed by atoms with van der Waals surface area (Å²) in [4.78, 5) is 11.7. The maximum atomic E-state index is 12.7. The minimum Gasteiger partial charge on any atom is -0.491 e. The van der Waals surface area contributed by atoms with E-state index in [2.05, 4.69) is 5.32 Å². The van der Waals surface area contributed by atoms with Gasteiger partial charge in [0.05, 0.1) is 6.10 Å². The second-order valence-electron chi connectivity index (χ2n) is 5.02. The molecule has 0 heterocycles. The van der Waals surface area contributed by atoms with E-state index in [4.69, 9.17) is 10.5 Å². The summed E-state index contributed by atoms with van der Waals surface area (Å²) in [5, 5.41) is 2.16. The Morgan fingerprint density at radius 3 is 2.57 bits per heavy atom. The van der Waals surface area contributed by atoms with Gasteiger partial charge in [-0.3, -0.25) is 4.79 Å². The summed E-state index contributed by atoms with van der Waals surface area (Å²) in [5.41, 5.74) is 2.30. The Morgan fingerprint density at radius 2 is 2.05 bits per heavy atom. The monoisotopic (exact) mass is 304 g/mol. The molecule has 1 rings (SSSR count). The van der Waals surface area contributed by atoms with Crippen LogP contribution in [-0.2, 0) is 4.79 Å². The topological polar surface area (TPSA) is 64.3 Å². The van der Waals surface area contributed by atoms with Crippen molar-refractivity contribution in [2.24, 2.45) is 5.73 Å². The molecule has 0 saturated carbocycles. The zero-order valence-electron chi connectivity index (χ0n) is 12.1. The Morgan fingerprint density at radius 1 is 1.43 bits per heavy atom. The number of hydrogen-bond donors (Lipinski definition) is 2. The van der Waals surface area contributed by atoms with Crippen molar-refractivity contribution in [1.29, 1.82) is 0 Å². The smallest absolute Gasteiger partial charge is 0.415 e. The van der Waals surface area contributed by atoms with Gasteiger partial charge in [0.1, 0.15) is 5.75 Å². The van der Waals surface area contributed by atoms with E-state index in [9.17, 15) is 18.0 Å². The van der Waals surface area contributed by atoms with Crippen LogP contribution in [0.15, 0.2) is 24.3 Å². The predicted octanol–water partition coefficient (Wildman–Crippen LogP) is 3.08. The van der Waals surface area contributed by atoms with Crippen LogP contribution < -0.4 is 15.8 Å². The molecular weight excluding hydrogens is 285 g/mol. The fourth-order valence-corrected chi connectivity index (χ4v) is 1.35. The van der Waals surface area contributed by atoms with Crippen LogP contribution in [0.2, 0.25) is 0 Å². The first kappa shape index (κ1) is 17.3. The lowest BCUT2D eigenvalue weighted by Crippen LogP contribution is -2.59. The molecule has 118 valence electrons. The lowest BCUT2D eigenvalue weighted by Gasteiger charge is -2.26. The zero-order chi connectivity index (χ0) is 16.3. The fraction of sp³-hybridized carbons (Fsp3) is 0.500. The predicted molar refractivity (Wildman–Crippen MR) is 74.1 cm³/mol. The van der Waals surface area contributed by atoms with Crippen LogP contribution in [-0.4, -0.2) is 23.7 Å². The first-order valence-corrected chi connectivity index (χ1v) is 6.51. The summed E-state index contributed by atoms with van der Waals surface area (Å²) in [6, 6.07) is 6.16. The number of amides is 1. The van der Waals surface area contributed by atoms with Crippen molar-refractivity contribution in [3.05, 3.63) is 24.3 Å². The van der Waals surface area contributed by atoms with Gasteiger partial charge >= 0.3 is 6.18 Å². The van der Waals surface area contributed by atoms with E-state index in [0.29, 0.717) is 12.7 Å². The van der Waals surface area contributed by atoms with Crippen molar-refractivity contribution < 1.29 is 22.7 Å². The van der Waals surface area contributed by atoms with Gasteiger partial charge in [0.25, 0.3) is 5.91 Å². The third-order valence-corrected chi connectivity index (χ3v) is 3.06. The summed E-state index contributed by atoms with van der Waals surface area (Å²) in [6.45, 7) is 4.44. The number of alkyl halides is 3. The van der Waals surface area contributed by atoms with E-state index in [1.807, 2.05) is 13.8 Å². The molecule has 3 N–H and O–H groups in total. The number of hydrogen-bond acceptors (Lipinski definition) is 3. The Balaban J connectivity index is 2.84. The van der Waals surface area contributed by atoms with Crippen LogP contribution in [0, 0.1) is 0 Å². The number of carbonyl (C=O) groups is 1. The number of carbonyl (C=O) groups excluding carboxylic acids is 1. The molecule has 0 radical (unpaired) electrons. The Kier molecular flexibility index (Phi) is 5.22. The lowest BCUT2D eigenvalue weighted by atomic mass is 10.0. The molecule has 0 saturated heterocycles. The molecule has 0 aliphatic rings. The number of rotatable bonds is 5. The second-order valence-corrected chi connectivity index (χ2v) is 5.02. The van der Waals surface area contributed by atoms with Crippen LogP contribution in [0.1, 0.15) is 27.2 Å². The van der Waals surface area contributed by atoms with Crippen molar-refractivity contribution in [3.8, 4) is 5.75 Å². The molecule has 2 atom stereocenters. The number of benzene rings is 1. The minimum atomic E-state index is -4.83. The fourth-order valence-electron chi connectivity index (χ4n) is 1.35. The van der Waals surface area contributed by atoms with Gasteiger partial charge in [-0.15, -0.1) is 0 Å². The van der Waals surface area contributed by atoms with Crippen LogP contribution >= 0.6 is 0 Å². The maximum absolute atomic E-state index is 12.7. The van der Waals surface area contributed by atoms with Crippen molar-refractivity contribution in [3.63, 3.8) is 0 Å². The molecule has 1 aromatic carbocycles. The zero-order valence-corrected chi connectivity index (χ0v) is 12.1. The van der Waals surface area contributed by atoms with Crippen LogP contribution in [0.5, 0.6) is 5.75 Å². The Hall–Kier alpha value is -1.76. The standard InChI is InChI=1S/C14H19F3N2O2/c1-4-9(2)21-11-7-5-6-10(8-11)19-12(20)13(3,18)14(15,16)17/h5-9H,4,18H2,1-3H3,(H,19,20). The van der Waals surface area contributed by atoms with Crippen LogP contribution in [0.25, 0.3) is 0 Å². The third-order valence-electron chi connectivity index (χ3n) is 3.06. The number of nitrogens with one attached hydrogen (secondary N) is 1. The maximum Gasteiger partial charge on any atom is 0.415 e. The van der Waals surface area contributed by atoms with E-state index in [1.165, 1.54) is 12.1 Å². The molecule has 4 nitrogen and oxygen atoms in total. The summed E-state index contributed by atoms with van der Waals surface area (Å²) in [6.07, 6.45) is -4.08. The highest BCUT2D eigenvalue weighted by atomic mass is 19.4. The largest absolute Gasteiger partial charge is 0.491 e. The van der Waals surface area contributed by atoms with E-state index in [1.54, 1.807) is 12.1 Å². The van der Waals surface area contributed by atoms with Gasteiger partial charge < -0.3 is 15.8 Å². The Labute approximate surface area is 121 Å². The van der Waals surface area contributed by atoms with Crippen LogP contribution in [0.3, 0.4) is 0 Å². The highest BCUT2D eigenvalue weighted by Gasteiger charge is 2.53. The average molecular weight is 304 g/mol. The highest BCUT2D eigenvalue weighted by molar-refractivity contribution is 5.98. The molecule has 21 heavy (non-hydrogen) atoms. The van der Waals surface area contributed by atoms with Gasteiger partial charge in [-0.1, -0.05) is 13.0 Å². The van der Waals surface area contributed by atoms with E-state index in [0.717, 1.165) is 6.42 Å². The number of anilines is 1. The van der Waals surface area contributed by atoms with Gasteiger partial charge in [0.2, 0.25) is 0 Å². The van der Waals surface area contributed by atoms with E-state index >= 15 is 0 Å².